The molecular weight excluding hydrogens is 354 g/mol. The molecule has 156 valence electrons. The third-order valence-electron chi connectivity index (χ3n) is 4.40. The van der Waals surface area contributed by atoms with Gasteiger partial charge in [0, 0.05) is 32.4 Å². The van der Waals surface area contributed by atoms with Crippen LogP contribution in [0.15, 0.2) is 29.3 Å². The first-order valence-electron chi connectivity index (χ1n) is 10.1. The van der Waals surface area contributed by atoms with Crippen LogP contribution in [0, 0.1) is 5.92 Å². The number of carbonyl (C=O) groups is 1. The summed E-state index contributed by atoms with van der Waals surface area (Å²) in [5, 5.41) is 6.25. The Morgan fingerprint density at radius 2 is 2.07 bits per heavy atom. The summed E-state index contributed by atoms with van der Waals surface area (Å²) in [7, 11) is 5.78. The fourth-order valence-corrected chi connectivity index (χ4v) is 2.71. The van der Waals surface area contributed by atoms with Gasteiger partial charge in [0.15, 0.2) is 5.96 Å². The van der Waals surface area contributed by atoms with Crippen LogP contribution in [-0.2, 0) is 16.1 Å². The first-order valence-corrected chi connectivity index (χ1v) is 10.1. The Hall–Kier alpha value is -2.12. The van der Waals surface area contributed by atoms with Crippen molar-refractivity contribution in [3.8, 4) is 0 Å². The van der Waals surface area contributed by atoms with Gasteiger partial charge < -0.3 is 25.2 Å². The maximum Gasteiger partial charge on any atom is 0.238 e. The highest BCUT2D eigenvalue weighted by Crippen LogP contribution is 2.28. The Kier molecular flexibility index (Phi) is 9.23. The summed E-state index contributed by atoms with van der Waals surface area (Å²) in [5.74, 6) is 1.63. The molecule has 7 heteroatoms. The second-order valence-corrected chi connectivity index (χ2v) is 7.60. The van der Waals surface area contributed by atoms with Gasteiger partial charge in [-0.15, -0.1) is 0 Å². The molecule has 1 fully saturated rings. The van der Waals surface area contributed by atoms with Gasteiger partial charge in [-0.3, -0.25) is 4.79 Å². The van der Waals surface area contributed by atoms with Crippen LogP contribution in [0.3, 0.4) is 0 Å². The predicted octanol–water partition coefficient (Wildman–Crippen LogP) is 2.01. The number of hydrogen-bond acceptors (Lipinski definition) is 4. The van der Waals surface area contributed by atoms with Crippen LogP contribution in [0.2, 0.25) is 0 Å². The highest BCUT2D eigenvalue weighted by atomic mass is 16.5. The summed E-state index contributed by atoms with van der Waals surface area (Å²) in [6.07, 6.45) is 2.63. The fraction of sp³-hybridized carbons (Fsp3) is 0.619. The van der Waals surface area contributed by atoms with Gasteiger partial charge in [0.1, 0.15) is 0 Å². The van der Waals surface area contributed by atoms with E-state index in [1.54, 1.807) is 0 Å². The van der Waals surface area contributed by atoms with E-state index in [1.807, 2.05) is 50.3 Å². The van der Waals surface area contributed by atoms with Gasteiger partial charge in [-0.1, -0.05) is 12.1 Å². The molecule has 0 aliphatic heterocycles. The number of aliphatic imine (C=N–C) groups is 1. The number of nitrogens with one attached hydrogen (secondary N) is 2. The molecule has 1 amide bonds. The molecule has 0 atom stereocenters. The lowest BCUT2D eigenvalue weighted by Crippen LogP contribution is -2.40. The number of hydrogen-bond donors (Lipinski definition) is 2. The van der Waals surface area contributed by atoms with Crippen molar-refractivity contribution in [3.63, 3.8) is 0 Å². The molecule has 2 N–H and O–H groups in total. The lowest BCUT2D eigenvalue weighted by molar-refractivity contribution is -0.116. The minimum atomic E-state index is -0.0232. The van der Waals surface area contributed by atoms with E-state index in [1.165, 1.54) is 12.8 Å². The van der Waals surface area contributed by atoms with E-state index >= 15 is 0 Å². The van der Waals surface area contributed by atoms with Crippen LogP contribution < -0.4 is 10.6 Å². The summed E-state index contributed by atoms with van der Waals surface area (Å²) in [5.41, 5.74) is 1.85. The Morgan fingerprint density at radius 3 is 2.75 bits per heavy atom. The van der Waals surface area contributed by atoms with E-state index in [2.05, 4.69) is 22.5 Å². The van der Waals surface area contributed by atoms with Crippen molar-refractivity contribution in [2.24, 2.45) is 10.9 Å². The second kappa shape index (κ2) is 11.7. The molecule has 0 unspecified atom stereocenters. The normalized spacial score (nSPS) is 14.2. The number of benzene rings is 1. The zero-order valence-corrected chi connectivity index (χ0v) is 17.7. The van der Waals surface area contributed by atoms with E-state index in [-0.39, 0.29) is 5.91 Å². The molecule has 0 radical (unpaired) electrons. The molecule has 2 rings (SSSR count). The molecular formula is C21H35N5O2. The molecule has 0 saturated heterocycles. The van der Waals surface area contributed by atoms with Gasteiger partial charge in [0.05, 0.1) is 19.7 Å². The van der Waals surface area contributed by atoms with Crippen molar-refractivity contribution in [1.82, 2.24) is 15.1 Å². The third-order valence-corrected chi connectivity index (χ3v) is 4.40. The average molecular weight is 390 g/mol. The molecule has 0 aromatic heterocycles. The van der Waals surface area contributed by atoms with Crippen molar-refractivity contribution in [3.05, 3.63) is 29.8 Å². The molecule has 1 aliphatic rings. The molecule has 1 aliphatic carbocycles. The summed E-state index contributed by atoms with van der Waals surface area (Å²) in [6.45, 7) is 6.19. The Bertz CT molecular complexity index is 643. The number of guanidine groups is 1. The minimum absolute atomic E-state index is 0.0232. The predicted molar refractivity (Wildman–Crippen MR) is 115 cm³/mol. The number of nitrogens with zero attached hydrogens (tertiary/aromatic N) is 3. The zero-order chi connectivity index (χ0) is 20.4. The number of amides is 1. The number of rotatable bonds is 11. The van der Waals surface area contributed by atoms with Crippen molar-refractivity contribution >= 4 is 17.6 Å². The van der Waals surface area contributed by atoms with Crippen molar-refractivity contribution in [2.45, 2.75) is 26.3 Å². The first kappa shape index (κ1) is 22.2. The Labute approximate surface area is 169 Å². The average Bonchev–Trinajstić information content (AvgIpc) is 3.46. The topological polar surface area (TPSA) is 69.2 Å². The van der Waals surface area contributed by atoms with Gasteiger partial charge >= 0.3 is 0 Å². The largest absolute Gasteiger partial charge is 0.379 e. The monoisotopic (exact) mass is 389 g/mol. The van der Waals surface area contributed by atoms with Crippen molar-refractivity contribution in [2.75, 3.05) is 59.3 Å². The molecule has 1 aromatic carbocycles. The van der Waals surface area contributed by atoms with E-state index in [9.17, 15) is 4.79 Å². The molecule has 0 heterocycles. The minimum Gasteiger partial charge on any atom is -0.379 e. The molecule has 28 heavy (non-hydrogen) atoms. The maximum absolute atomic E-state index is 11.9. The van der Waals surface area contributed by atoms with Gasteiger partial charge in [0.2, 0.25) is 5.91 Å². The van der Waals surface area contributed by atoms with Crippen molar-refractivity contribution in [1.29, 1.82) is 0 Å². The fourth-order valence-electron chi connectivity index (χ4n) is 2.71. The molecule has 1 saturated carbocycles. The molecule has 0 bridgehead atoms. The Morgan fingerprint density at radius 1 is 1.29 bits per heavy atom. The van der Waals surface area contributed by atoms with E-state index in [0.717, 1.165) is 42.8 Å². The number of carbonyl (C=O) groups excluding carboxylic acids is 1. The van der Waals surface area contributed by atoms with Crippen LogP contribution >= 0.6 is 0 Å². The lowest BCUT2D eigenvalue weighted by atomic mass is 10.2. The quantitative estimate of drug-likeness (QED) is 0.344. The van der Waals surface area contributed by atoms with Crippen LogP contribution in [0.4, 0.5) is 5.69 Å². The SMILES string of the molecule is CCNC(=NCc1cccc(NC(=O)CN(C)C)c1)N(C)CCOCC1CC1. The van der Waals surface area contributed by atoms with E-state index in [4.69, 9.17) is 9.73 Å². The maximum atomic E-state index is 11.9. The van der Waals surface area contributed by atoms with E-state index < -0.39 is 0 Å². The third kappa shape index (κ3) is 8.71. The van der Waals surface area contributed by atoms with Gasteiger partial charge in [-0.05, 0) is 57.5 Å². The molecule has 0 spiro atoms. The highest BCUT2D eigenvalue weighted by Gasteiger charge is 2.21. The van der Waals surface area contributed by atoms with Crippen LogP contribution in [0.1, 0.15) is 25.3 Å². The van der Waals surface area contributed by atoms with Gasteiger partial charge in [-0.25, -0.2) is 4.99 Å². The summed E-state index contributed by atoms with van der Waals surface area (Å²) in [4.78, 5) is 20.6. The number of anilines is 1. The smallest absolute Gasteiger partial charge is 0.238 e. The number of ether oxygens (including phenoxy) is 1. The second-order valence-electron chi connectivity index (χ2n) is 7.60. The first-order chi connectivity index (χ1) is 13.5. The Balaban J connectivity index is 1.87. The van der Waals surface area contributed by atoms with Crippen LogP contribution in [-0.4, -0.2) is 75.7 Å². The summed E-state index contributed by atoms with van der Waals surface area (Å²) < 4.78 is 5.73. The van der Waals surface area contributed by atoms with Crippen LogP contribution in [0.25, 0.3) is 0 Å². The van der Waals surface area contributed by atoms with E-state index in [0.29, 0.717) is 19.7 Å². The highest BCUT2D eigenvalue weighted by molar-refractivity contribution is 5.92. The summed E-state index contributed by atoms with van der Waals surface area (Å²) in [6, 6.07) is 7.83. The molecule has 7 nitrogen and oxygen atoms in total. The van der Waals surface area contributed by atoms with Crippen LogP contribution in [0.5, 0.6) is 0 Å². The molecule has 1 aromatic rings. The number of likely N-dealkylation sites (N-methyl/N-ethyl adjacent to an activating group) is 2. The lowest BCUT2D eigenvalue weighted by Gasteiger charge is -2.22. The zero-order valence-electron chi connectivity index (χ0n) is 17.7. The summed E-state index contributed by atoms with van der Waals surface area (Å²) >= 11 is 0. The van der Waals surface area contributed by atoms with Crippen molar-refractivity contribution < 1.29 is 9.53 Å². The van der Waals surface area contributed by atoms with Gasteiger partial charge in [-0.2, -0.15) is 0 Å². The van der Waals surface area contributed by atoms with Gasteiger partial charge in [0.25, 0.3) is 0 Å². The standard InChI is InChI=1S/C21H35N5O2/c1-5-22-21(26(4)11-12-28-16-17-9-10-17)23-14-18-7-6-8-19(13-18)24-20(27)15-25(2)3/h6-8,13,17H,5,9-12,14-16H2,1-4H3,(H,22,23)(H,24,27).